The van der Waals surface area contributed by atoms with Gasteiger partial charge in [-0.1, -0.05) is 66.7 Å². The second-order valence-corrected chi connectivity index (χ2v) is 8.80. The van der Waals surface area contributed by atoms with Crippen LogP contribution < -0.4 is 9.47 Å². The Kier molecular flexibility index (Phi) is 5.80. The quantitative estimate of drug-likeness (QED) is 0.133. The van der Waals surface area contributed by atoms with Gasteiger partial charge in [0.1, 0.15) is 17.4 Å². The summed E-state index contributed by atoms with van der Waals surface area (Å²) in [5.41, 5.74) is 3.64. The lowest BCUT2D eigenvalue weighted by Crippen LogP contribution is -2.06. The highest BCUT2D eigenvalue weighted by atomic mass is 16.7. The first-order valence-corrected chi connectivity index (χ1v) is 12.2. The Morgan fingerprint density at radius 3 is 2.30 bits per heavy atom. The number of aromatic nitrogens is 1. The average molecular weight is 485 g/mol. The second kappa shape index (κ2) is 9.42. The maximum atomic E-state index is 10.3. The second-order valence-electron chi connectivity index (χ2n) is 8.80. The Morgan fingerprint density at radius 1 is 0.811 bits per heavy atom. The molecule has 6 aromatic rings. The molecule has 0 bridgehead atoms. The van der Waals surface area contributed by atoms with Crippen LogP contribution in [0.5, 0.6) is 11.6 Å². The number of hydrogen-bond acceptors (Lipinski definition) is 5. The third-order valence-electron chi connectivity index (χ3n) is 6.77. The van der Waals surface area contributed by atoms with Gasteiger partial charge < -0.3 is 14.2 Å². The van der Waals surface area contributed by atoms with Gasteiger partial charge >= 0.3 is 0 Å². The van der Waals surface area contributed by atoms with Crippen molar-refractivity contribution in [1.29, 1.82) is 5.26 Å². The van der Waals surface area contributed by atoms with E-state index in [1.807, 2.05) is 37.3 Å². The molecule has 0 amide bonds. The van der Waals surface area contributed by atoms with Crippen LogP contribution in [0.2, 0.25) is 0 Å². The topological polar surface area (TPSA) is 64.4 Å². The Hall–Kier alpha value is -4.66. The minimum Gasteiger partial charge on any atom is -0.497 e. The highest BCUT2D eigenvalue weighted by Crippen LogP contribution is 2.42. The van der Waals surface area contributed by atoms with Crippen molar-refractivity contribution < 1.29 is 14.2 Å². The van der Waals surface area contributed by atoms with Crippen molar-refractivity contribution in [1.82, 2.24) is 4.98 Å². The molecule has 0 aliphatic heterocycles. The summed E-state index contributed by atoms with van der Waals surface area (Å²) in [6.45, 7) is 2.40. The van der Waals surface area contributed by atoms with E-state index in [4.69, 9.17) is 19.2 Å². The molecular formula is C32H24N2O3. The fourth-order valence-corrected chi connectivity index (χ4v) is 5.03. The lowest BCUT2D eigenvalue weighted by molar-refractivity contribution is 0.0196. The van der Waals surface area contributed by atoms with Gasteiger partial charge in [0.2, 0.25) is 5.88 Å². The van der Waals surface area contributed by atoms with Crippen LogP contribution in [0.15, 0.2) is 84.9 Å². The van der Waals surface area contributed by atoms with Gasteiger partial charge in [-0.15, -0.1) is 0 Å². The molecule has 0 aliphatic carbocycles. The van der Waals surface area contributed by atoms with Gasteiger partial charge in [0.15, 0.2) is 6.79 Å². The van der Waals surface area contributed by atoms with Gasteiger partial charge in [0.05, 0.1) is 12.8 Å². The van der Waals surface area contributed by atoms with Crippen molar-refractivity contribution in [3.8, 4) is 40.1 Å². The van der Waals surface area contributed by atoms with Crippen LogP contribution in [0.3, 0.4) is 0 Å². The van der Waals surface area contributed by atoms with Crippen LogP contribution in [0.25, 0.3) is 54.7 Å². The minimum absolute atomic E-state index is 0.0116. The zero-order chi connectivity index (χ0) is 25.4. The zero-order valence-electron chi connectivity index (χ0n) is 20.6. The largest absolute Gasteiger partial charge is 0.497 e. The first-order valence-electron chi connectivity index (χ1n) is 12.2. The molecule has 0 radical (unpaired) electrons. The molecule has 0 saturated heterocycles. The van der Waals surface area contributed by atoms with E-state index in [0.29, 0.717) is 17.9 Å². The molecule has 37 heavy (non-hydrogen) atoms. The van der Waals surface area contributed by atoms with Gasteiger partial charge in [0, 0.05) is 17.7 Å². The number of nitriles is 1. The van der Waals surface area contributed by atoms with E-state index in [1.165, 1.54) is 21.5 Å². The van der Waals surface area contributed by atoms with E-state index >= 15 is 0 Å². The number of benzene rings is 5. The van der Waals surface area contributed by atoms with E-state index in [9.17, 15) is 5.26 Å². The molecule has 0 aliphatic rings. The summed E-state index contributed by atoms with van der Waals surface area (Å²) >= 11 is 0. The van der Waals surface area contributed by atoms with Crippen LogP contribution in [-0.4, -0.2) is 25.5 Å². The normalized spacial score (nSPS) is 11.3. The van der Waals surface area contributed by atoms with E-state index in [2.05, 4.69) is 60.7 Å². The van der Waals surface area contributed by atoms with Crippen LogP contribution in [0.1, 0.15) is 12.5 Å². The molecule has 1 aromatic heterocycles. The van der Waals surface area contributed by atoms with Crippen molar-refractivity contribution in [2.24, 2.45) is 0 Å². The first kappa shape index (κ1) is 22.8. The SMILES string of the molecule is CCOCOc1nc(-c2cccc(OC)c2)cc(-c2ccc3ccc4cccc5ccc2c3c45)c1C#N. The van der Waals surface area contributed by atoms with Crippen molar-refractivity contribution in [2.45, 2.75) is 6.92 Å². The first-order chi connectivity index (χ1) is 18.2. The Labute approximate surface area is 214 Å². The Morgan fingerprint density at radius 2 is 1.54 bits per heavy atom. The third-order valence-corrected chi connectivity index (χ3v) is 6.77. The summed E-state index contributed by atoms with van der Waals surface area (Å²) in [7, 11) is 1.64. The van der Waals surface area contributed by atoms with Crippen molar-refractivity contribution in [3.63, 3.8) is 0 Å². The predicted octanol–water partition coefficient (Wildman–Crippen LogP) is 7.57. The van der Waals surface area contributed by atoms with Crippen molar-refractivity contribution >= 4 is 32.3 Å². The van der Waals surface area contributed by atoms with Crippen LogP contribution in [-0.2, 0) is 4.74 Å². The number of methoxy groups -OCH3 is 1. The fourth-order valence-electron chi connectivity index (χ4n) is 5.03. The summed E-state index contributed by atoms with van der Waals surface area (Å²) in [5.74, 6) is 0.974. The molecule has 6 rings (SSSR count). The molecule has 0 fully saturated rings. The predicted molar refractivity (Wildman–Crippen MR) is 147 cm³/mol. The average Bonchev–Trinajstić information content (AvgIpc) is 2.95. The fraction of sp³-hybridized carbons (Fsp3) is 0.125. The number of rotatable bonds is 7. The number of nitrogens with zero attached hydrogens (tertiary/aromatic N) is 2. The summed E-state index contributed by atoms with van der Waals surface area (Å²) in [6.07, 6.45) is 0. The smallest absolute Gasteiger partial charge is 0.235 e. The zero-order valence-corrected chi connectivity index (χ0v) is 20.6. The maximum absolute atomic E-state index is 10.3. The van der Waals surface area contributed by atoms with Gasteiger partial charge in [0.25, 0.3) is 0 Å². The molecule has 180 valence electrons. The minimum atomic E-state index is 0.0116. The lowest BCUT2D eigenvalue weighted by Gasteiger charge is -2.17. The van der Waals surface area contributed by atoms with Gasteiger partial charge in [-0.05, 0) is 63.0 Å². The van der Waals surface area contributed by atoms with Crippen molar-refractivity contribution in [2.75, 3.05) is 20.5 Å². The molecular weight excluding hydrogens is 460 g/mol. The summed E-state index contributed by atoms with van der Waals surface area (Å²) in [6, 6.07) is 31.2. The molecule has 0 saturated carbocycles. The lowest BCUT2D eigenvalue weighted by atomic mass is 9.88. The van der Waals surface area contributed by atoms with Crippen LogP contribution >= 0.6 is 0 Å². The molecule has 0 spiro atoms. The Bertz CT molecular complexity index is 1790. The third kappa shape index (κ3) is 3.88. The van der Waals surface area contributed by atoms with E-state index < -0.39 is 0 Å². The number of hydrogen-bond donors (Lipinski definition) is 0. The highest BCUT2D eigenvalue weighted by molar-refractivity contribution is 6.25. The summed E-state index contributed by atoms with van der Waals surface area (Å²) in [4.78, 5) is 4.73. The molecule has 5 nitrogen and oxygen atoms in total. The monoisotopic (exact) mass is 484 g/mol. The van der Waals surface area contributed by atoms with Gasteiger partial charge in [-0.25, -0.2) is 4.98 Å². The van der Waals surface area contributed by atoms with Gasteiger partial charge in [-0.3, -0.25) is 0 Å². The summed E-state index contributed by atoms with van der Waals surface area (Å²) in [5, 5.41) is 17.3. The Balaban J connectivity index is 1.65. The molecule has 0 N–H and O–H groups in total. The highest BCUT2D eigenvalue weighted by Gasteiger charge is 2.20. The van der Waals surface area contributed by atoms with Crippen LogP contribution in [0.4, 0.5) is 0 Å². The maximum Gasteiger partial charge on any atom is 0.235 e. The van der Waals surface area contributed by atoms with E-state index in [1.54, 1.807) is 7.11 Å². The number of pyridine rings is 1. The molecule has 5 aromatic carbocycles. The number of ether oxygens (including phenoxy) is 3. The van der Waals surface area contributed by atoms with Crippen molar-refractivity contribution in [3.05, 3.63) is 90.5 Å². The van der Waals surface area contributed by atoms with Crippen LogP contribution in [0, 0.1) is 11.3 Å². The van der Waals surface area contributed by atoms with E-state index in [-0.39, 0.29) is 12.7 Å². The standard InChI is InChI=1S/C32H24N2O3/c1-3-36-19-37-32-28(18-33)27(17-29(34-32)23-8-5-9-24(16-23)35-2)25-14-12-22-11-10-20-6-4-7-21-13-15-26(25)31(22)30(20)21/h4-17H,3,19H2,1-2H3. The van der Waals surface area contributed by atoms with Gasteiger partial charge in [-0.2, -0.15) is 5.26 Å². The van der Waals surface area contributed by atoms with E-state index in [0.717, 1.165) is 33.2 Å². The molecule has 5 heteroatoms. The summed E-state index contributed by atoms with van der Waals surface area (Å²) < 4.78 is 16.7. The molecule has 1 heterocycles. The molecule has 0 atom stereocenters. The molecule has 0 unspecified atom stereocenters.